The monoisotopic (exact) mass is 284 g/mol. The molecule has 0 fully saturated rings. The van der Waals surface area contributed by atoms with Gasteiger partial charge in [0, 0.05) is 23.9 Å². The number of rotatable bonds is 2. The number of hydrogen-bond acceptors (Lipinski definition) is 2. The molecule has 1 heterocycles. The molecular formula is C11H10BrFN2O. The molecular weight excluding hydrogens is 275 g/mol. The maximum absolute atomic E-state index is 13.2. The Morgan fingerprint density at radius 1 is 1.44 bits per heavy atom. The zero-order valence-corrected chi connectivity index (χ0v) is 10.1. The Bertz CT molecular complexity index is 492. The lowest BCUT2D eigenvalue weighted by molar-refractivity contribution is 0.205. The van der Waals surface area contributed by atoms with Crippen LogP contribution in [0.25, 0.3) is 0 Å². The minimum Gasteiger partial charge on any atom is -0.380 e. The van der Waals surface area contributed by atoms with E-state index in [2.05, 4.69) is 20.9 Å². The summed E-state index contributed by atoms with van der Waals surface area (Å²) in [6.07, 6.45) is 2.40. The van der Waals surface area contributed by atoms with E-state index in [1.807, 2.05) is 0 Å². The molecule has 16 heavy (non-hydrogen) atoms. The quantitative estimate of drug-likeness (QED) is 0.920. The number of aliphatic hydroxyl groups is 1. The first-order valence-electron chi connectivity index (χ1n) is 4.69. The van der Waals surface area contributed by atoms with Crippen molar-refractivity contribution in [3.05, 3.63) is 52.3 Å². The molecule has 0 aliphatic heterocycles. The van der Waals surface area contributed by atoms with Crippen LogP contribution in [0.2, 0.25) is 0 Å². The summed E-state index contributed by atoms with van der Waals surface area (Å²) in [5, 5.41) is 10.0. The number of aliphatic hydroxyl groups excluding tert-OH is 1. The average molecular weight is 285 g/mol. The van der Waals surface area contributed by atoms with Crippen LogP contribution < -0.4 is 0 Å². The van der Waals surface area contributed by atoms with E-state index in [0.717, 1.165) is 0 Å². The van der Waals surface area contributed by atoms with Crippen molar-refractivity contribution in [3.63, 3.8) is 0 Å². The summed E-state index contributed by atoms with van der Waals surface area (Å²) in [4.78, 5) is 4.03. The van der Waals surface area contributed by atoms with Crippen LogP contribution in [-0.4, -0.2) is 14.7 Å². The summed E-state index contributed by atoms with van der Waals surface area (Å²) in [5.74, 6) is 0.0927. The molecule has 0 saturated heterocycles. The lowest BCUT2D eigenvalue weighted by Gasteiger charge is -2.11. The average Bonchev–Trinajstić information content (AvgIpc) is 2.62. The molecule has 0 radical (unpaired) electrons. The molecule has 0 aliphatic carbocycles. The van der Waals surface area contributed by atoms with E-state index >= 15 is 0 Å². The first-order valence-corrected chi connectivity index (χ1v) is 5.48. The minimum absolute atomic E-state index is 0.391. The molecule has 1 atom stereocenters. The highest BCUT2D eigenvalue weighted by molar-refractivity contribution is 9.10. The number of halogens is 2. The maximum atomic E-state index is 13.2. The molecule has 2 aromatic rings. The van der Waals surface area contributed by atoms with Crippen LogP contribution in [0.15, 0.2) is 35.1 Å². The second-order valence-corrected chi connectivity index (χ2v) is 4.42. The molecule has 1 aromatic heterocycles. The Kier molecular flexibility index (Phi) is 3.07. The zero-order valence-electron chi connectivity index (χ0n) is 8.56. The third-order valence-corrected chi connectivity index (χ3v) is 2.76. The minimum atomic E-state index is -0.924. The molecule has 3 nitrogen and oxygen atoms in total. The lowest BCUT2D eigenvalue weighted by atomic mass is 10.1. The van der Waals surface area contributed by atoms with Crippen molar-refractivity contribution in [1.29, 1.82) is 0 Å². The Morgan fingerprint density at radius 2 is 2.19 bits per heavy atom. The Hall–Kier alpha value is -1.20. The SMILES string of the molecule is Cn1ccnc1C(O)c1cc(F)cc(Br)c1. The number of aryl methyl sites for hydroxylation is 1. The molecule has 2 rings (SSSR count). The molecule has 84 valence electrons. The summed E-state index contributed by atoms with van der Waals surface area (Å²) in [7, 11) is 1.78. The Labute approximate surface area is 101 Å². The fourth-order valence-electron chi connectivity index (χ4n) is 1.52. The molecule has 1 unspecified atom stereocenters. The molecule has 0 aliphatic rings. The smallest absolute Gasteiger partial charge is 0.142 e. The largest absolute Gasteiger partial charge is 0.380 e. The van der Waals surface area contributed by atoms with E-state index in [9.17, 15) is 9.50 Å². The van der Waals surface area contributed by atoms with Crippen LogP contribution in [0.4, 0.5) is 4.39 Å². The van der Waals surface area contributed by atoms with Gasteiger partial charge in [-0.15, -0.1) is 0 Å². The molecule has 1 aromatic carbocycles. The van der Waals surface area contributed by atoms with Gasteiger partial charge >= 0.3 is 0 Å². The molecule has 0 amide bonds. The van der Waals surface area contributed by atoms with Gasteiger partial charge in [-0.25, -0.2) is 9.37 Å². The van der Waals surface area contributed by atoms with E-state index in [1.165, 1.54) is 12.1 Å². The number of aromatic nitrogens is 2. The highest BCUT2D eigenvalue weighted by Crippen LogP contribution is 2.24. The van der Waals surface area contributed by atoms with E-state index in [4.69, 9.17) is 0 Å². The first kappa shape index (κ1) is 11.3. The fourth-order valence-corrected chi connectivity index (χ4v) is 2.01. The van der Waals surface area contributed by atoms with Gasteiger partial charge in [-0.05, 0) is 23.8 Å². The van der Waals surface area contributed by atoms with Crippen molar-refractivity contribution in [1.82, 2.24) is 9.55 Å². The summed E-state index contributed by atoms with van der Waals surface area (Å²) in [6, 6.07) is 4.31. The van der Waals surface area contributed by atoms with Crippen LogP contribution in [0.5, 0.6) is 0 Å². The van der Waals surface area contributed by atoms with Gasteiger partial charge in [0.05, 0.1) is 0 Å². The summed E-state index contributed by atoms with van der Waals surface area (Å²) in [5.41, 5.74) is 0.473. The van der Waals surface area contributed by atoms with Gasteiger partial charge in [0.1, 0.15) is 17.7 Å². The third kappa shape index (κ3) is 2.15. The second-order valence-electron chi connectivity index (χ2n) is 3.50. The standard InChI is InChI=1S/C11H10BrFN2O/c1-15-3-2-14-11(15)10(16)7-4-8(12)6-9(13)5-7/h2-6,10,16H,1H3. The second kappa shape index (κ2) is 4.35. The highest BCUT2D eigenvalue weighted by atomic mass is 79.9. The molecule has 1 N–H and O–H groups in total. The van der Waals surface area contributed by atoms with Gasteiger partial charge in [-0.1, -0.05) is 15.9 Å². The number of benzene rings is 1. The Morgan fingerprint density at radius 3 is 2.75 bits per heavy atom. The maximum Gasteiger partial charge on any atom is 0.142 e. The number of nitrogens with zero attached hydrogens (tertiary/aromatic N) is 2. The van der Waals surface area contributed by atoms with E-state index < -0.39 is 11.9 Å². The normalized spacial score (nSPS) is 12.8. The van der Waals surface area contributed by atoms with Crippen LogP contribution in [0.3, 0.4) is 0 Å². The topological polar surface area (TPSA) is 38.0 Å². The van der Waals surface area contributed by atoms with Crippen molar-refractivity contribution in [2.75, 3.05) is 0 Å². The predicted molar refractivity (Wildman–Crippen MR) is 61.4 cm³/mol. The summed E-state index contributed by atoms with van der Waals surface area (Å²) < 4.78 is 15.5. The van der Waals surface area contributed by atoms with Gasteiger partial charge in [-0.2, -0.15) is 0 Å². The van der Waals surface area contributed by atoms with E-state index in [-0.39, 0.29) is 0 Å². The fraction of sp³-hybridized carbons (Fsp3) is 0.182. The lowest BCUT2D eigenvalue weighted by Crippen LogP contribution is -2.07. The van der Waals surface area contributed by atoms with Crippen molar-refractivity contribution < 1.29 is 9.50 Å². The molecule has 0 saturated carbocycles. The van der Waals surface area contributed by atoms with E-state index in [1.54, 1.807) is 30.1 Å². The van der Waals surface area contributed by atoms with Crippen LogP contribution in [0.1, 0.15) is 17.5 Å². The highest BCUT2D eigenvalue weighted by Gasteiger charge is 2.15. The van der Waals surface area contributed by atoms with Gasteiger partial charge in [0.25, 0.3) is 0 Å². The van der Waals surface area contributed by atoms with Crippen LogP contribution >= 0.6 is 15.9 Å². The first-order chi connectivity index (χ1) is 7.58. The molecule has 0 spiro atoms. The van der Waals surface area contributed by atoms with Crippen LogP contribution in [-0.2, 0) is 7.05 Å². The predicted octanol–water partition coefficient (Wildman–Crippen LogP) is 2.40. The third-order valence-electron chi connectivity index (χ3n) is 2.30. The summed E-state index contributed by atoms with van der Waals surface area (Å²) in [6.45, 7) is 0. The van der Waals surface area contributed by atoms with Crippen molar-refractivity contribution in [2.24, 2.45) is 7.05 Å². The van der Waals surface area contributed by atoms with Gasteiger partial charge in [0.2, 0.25) is 0 Å². The van der Waals surface area contributed by atoms with Gasteiger partial charge < -0.3 is 9.67 Å². The molecule has 5 heteroatoms. The summed E-state index contributed by atoms with van der Waals surface area (Å²) >= 11 is 3.18. The number of hydrogen-bond donors (Lipinski definition) is 1. The van der Waals surface area contributed by atoms with Gasteiger partial charge in [0.15, 0.2) is 0 Å². The zero-order chi connectivity index (χ0) is 11.7. The van der Waals surface area contributed by atoms with Crippen LogP contribution in [0, 0.1) is 5.82 Å². The van der Waals surface area contributed by atoms with Crippen molar-refractivity contribution in [3.8, 4) is 0 Å². The van der Waals surface area contributed by atoms with Crippen molar-refractivity contribution >= 4 is 15.9 Å². The van der Waals surface area contributed by atoms with Crippen molar-refractivity contribution in [2.45, 2.75) is 6.10 Å². The Balaban J connectivity index is 2.41. The van der Waals surface area contributed by atoms with E-state index in [0.29, 0.717) is 15.9 Å². The molecule has 0 bridgehead atoms. The van der Waals surface area contributed by atoms with Gasteiger partial charge in [-0.3, -0.25) is 0 Å². The number of imidazole rings is 1.